The molecule has 2 N–H and O–H groups in total. The summed E-state index contributed by atoms with van der Waals surface area (Å²) < 4.78 is 1.02. The average molecular weight is 400 g/mol. The Kier molecular flexibility index (Phi) is 5.14. The molecule has 128 valence electrons. The molecule has 0 aliphatic carbocycles. The predicted molar refractivity (Wildman–Crippen MR) is 101 cm³/mol. The molecule has 2 amide bonds. The highest BCUT2D eigenvalue weighted by Gasteiger charge is 2.11. The average Bonchev–Trinajstić information content (AvgIpc) is 3.03. The molecular formula is C18H18BrN5O. The molecule has 0 bridgehead atoms. The third-order valence-corrected chi connectivity index (χ3v) is 4.18. The van der Waals surface area contributed by atoms with Gasteiger partial charge in [-0.05, 0) is 36.8 Å². The first kappa shape index (κ1) is 17.2. The van der Waals surface area contributed by atoms with Crippen LogP contribution in [0.4, 0.5) is 10.5 Å². The first-order valence-corrected chi connectivity index (χ1v) is 8.56. The zero-order valence-electron chi connectivity index (χ0n) is 14.0. The van der Waals surface area contributed by atoms with E-state index in [0.29, 0.717) is 18.1 Å². The van der Waals surface area contributed by atoms with E-state index in [2.05, 4.69) is 36.4 Å². The standard InChI is InChI=1S/C18H18BrN5O/c1-12-20-17(23-22-12)14-4-3-5-16(10-14)21-18(25)24(2)11-13-6-8-15(19)9-7-13/h3-10H,11H2,1-2H3,(H,21,25)(H,20,22,23). The van der Waals surface area contributed by atoms with Crippen LogP contribution in [0.3, 0.4) is 0 Å². The molecule has 7 heteroatoms. The van der Waals surface area contributed by atoms with Gasteiger partial charge in [0.05, 0.1) is 0 Å². The van der Waals surface area contributed by atoms with Crippen molar-refractivity contribution in [1.82, 2.24) is 20.1 Å². The lowest BCUT2D eigenvalue weighted by Crippen LogP contribution is -2.30. The molecule has 3 aromatic rings. The Morgan fingerprint density at radius 3 is 2.68 bits per heavy atom. The summed E-state index contributed by atoms with van der Waals surface area (Å²) in [5.41, 5.74) is 2.61. The van der Waals surface area contributed by atoms with E-state index in [1.807, 2.05) is 55.5 Å². The number of benzene rings is 2. The highest BCUT2D eigenvalue weighted by molar-refractivity contribution is 9.10. The van der Waals surface area contributed by atoms with Gasteiger partial charge in [0.1, 0.15) is 5.82 Å². The van der Waals surface area contributed by atoms with Crippen LogP contribution in [0.2, 0.25) is 0 Å². The highest BCUT2D eigenvalue weighted by atomic mass is 79.9. The molecule has 0 aliphatic heterocycles. The molecular weight excluding hydrogens is 382 g/mol. The first-order chi connectivity index (χ1) is 12.0. The molecule has 0 saturated carbocycles. The molecule has 6 nitrogen and oxygen atoms in total. The van der Waals surface area contributed by atoms with Crippen LogP contribution in [0.25, 0.3) is 11.4 Å². The monoisotopic (exact) mass is 399 g/mol. The number of aryl methyl sites for hydroxylation is 1. The first-order valence-electron chi connectivity index (χ1n) is 7.77. The van der Waals surface area contributed by atoms with E-state index < -0.39 is 0 Å². The minimum Gasteiger partial charge on any atom is -0.323 e. The number of halogens is 1. The maximum Gasteiger partial charge on any atom is 0.321 e. The van der Waals surface area contributed by atoms with Crippen molar-refractivity contribution in [2.45, 2.75) is 13.5 Å². The largest absolute Gasteiger partial charge is 0.323 e. The van der Waals surface area contributed by atoms with Crippen molar-refractivity contribution in [3.63, 3.8) is 0 Å². The molecule has 0 radical (unpaired) electrons. The molecule has 0 aliphatic rings. The molecule has 0 atom stereocenters. The summed E-state index contributed by atoms with van der Waals surface area (Å²) in [6.45, 7) is 2.37. The van der Waals surface area contributed by atoms with Crippen molar-refractivity contribution < 1.29 is 4.79 Å². The number of amides is 2. The lowest BCUT2D eigenvalue weighted by molar-refractivity contribution is 0.220. The van der Waals surface area contributed by atoms with Gasteiger partial charge in [-0.2, -0.15) is 5.10 Å². The van der Waals surface area contributed by atoms with Gasteiger partial charge in [-0.3, -0.25) is 5.10 Å². The second kappa shape index (κ2) is 7.48. The number of hydrogen-bond acceptors (Lipinski definition) is 3. The molecule has 3 rings (SSSR count). The number of hydrogen-bond donors (Lipinski definition) is 2. The minimum atomic E-state index is -0.175. The fourth-order valence-corrected chi connectivity index (χ4v) is 2.63. The molecule has 25 heavy (non-hydrogen) atoms. The quantitative estimate of drug-likeness (QED) is 0.689. The Bertz CT molecular complexity index is 875. The number of urea groups is 1. The Balaban J connectivity index is 1.67. The number of carbonyl (C=O) groups is 1. The Labute approximate surface area is 154 Å². The molecule has 1 aromatic heterocycles. The van der Waals surface area contributed by atoms with Crippen molar-refractivity contribution in [3.8, 4) is 11.4 Å². The summed E-state index contributed by atoms with van der Waals surface area (Å²) >= 11 is 3.41. The van der Waals surface area contributed by atoms with Crippen LogP contribution in [0, 0.1) is 6.92 Å². The highest BCUT2D eigenvalue weighted by Crippen LogP contribution is 2.20. The maximum absolute atomic E-state index is 12.4. The fraction of sp³-hybridized carbons (Fsp3) is 0.167. The van der Waals surface area contributed by atoms with Crippen LogP contribution < -0.4 is 5.32 Å². The number of anilines is 1. The van der Waals surface area contributed by atoms with E-state index in [9.17, 15) is 4.79 Å². The van der Waals surface area contributed by atoms with Gasteiger partial charge in [0.2, 0.25) is 0 Å². The van der Waals surface area contributed by atoms with E-state index in [0.717, 1.165) is 21.4 Å². The van der Waals surface area contributed by atoms with Crippen molar-refractivity contribution in [1.29, 1.82) is 0 Å². The number of carbonyl (C=O) groups excluding carboxylic acids is 1. The number of aromatic amines is 1. The topological polar surface area (TPSA) is 73.9 Å². The second-order valence-corrected chi connectivity index (χ2v) is 6.65. The van der Waals surface area contributed by atoms with Gasteiger partial charge in [0.25, 0.3) is 0 Å². The van der Waals surface area contributed by atoms with E-state index in [1.54, 1.807) is 11.9 Å². The van der Waals surface area contributed by atoms with E-state index in [4.69, 9.17) is 0 Å². The molecule has 1 heterocycles. The summed E-state index contributed by atoms with van der Waals surface area (Å²) in [7, 11) is 1.76. The molecule has 0 spiro atoms. The molecule has 0 saturated heterocycles. The van der Waals surface area contributed by atoms with Crippen LogP contribution in [0.15, 0.2) is 53.0 Å². The summed E-state index contributed by atoms with van der Waals surface area (Å²) in [6.07, 6.45) is 0. The van der Waals surface area contributed by atoms with Crippen LogP contribution in [-0.4, -0.2) is 33.2 Å². The fourth-order valence-electron chi connectivity index (χ4n) is 2.36. The van der Waals surface area contributed by atoms with Gasteiger partial charge in [0, 0.05) is 29.3 Å². The number of rotatable bonds is 4. The van der Waals surface area contributed by atoms with E-state index in [-0.39, 0.29) is 6.03 Å². The van der Waals surface area contributed by atoms with Gasteiger partial charge >= 0.3 is 6.03 Å². The zero-order valence-corrected chi connectivity index (χ0v) is 15.5. The van der Waals surface area contributed by atoms with E-state index in [1.165, 1.54) is 0 Å². The van der Waals surface area contributed by atoms with Gasteiger partial charge in [-0.25, -0.2) is 9.78 Å². The SMILES string of the molecule is Cc1nc(-c2cccc(NC(=O)N(C)Cc3ccc(Br)cc3)c2)n[nH]1. The number of aromatic nitrogens is 3. The normalized spacial score (nSPS) is 10.5. The lowest BCUT2D eigenvalue weighted by Gasteiger charge is -2.18. The second-order valence-electron chi connectivity index (χ2n) is 5.74. The Morgan fingerprint density at radius 1 is 1.24 bits per heavy atom. The molecule has 2 aromatic carbocycles. The summed E-state index contributed by atoms with van der Waals surface area (Å²) in [5, 5.41) is 9.86. The third kappa shape index (κ3) is 4.45. The Morgan fingerprint density at radius 2 is 2.00 bits per heavy atom. The van der Waals surface area contributed by atoms with Crippen molar-refractivity contribution in [2.24, 2.45) is 0 Å². The number of nitrogens with one attached hydrogen (secondary N) is 2. The van der Waals surface area contributed by atoms with Gasteiger partial charge in [0.15, 0.2) is 5.82 Å². The van der Waals surface area contributed by atoms with Crippen LogP contribution in [-0.2, 0) is 6.54 Å². The number of H-pyrrole nitrogens is 1. The van der Waals surface area contributed by atoms with Gasteiger partial charge in [-0.15, -0.1) is 0 Å². The maximum atomic E-state index is 12.4. The van der Waals surface area contributed by atoms with Gasteiger partial charge < -0.3 is 10.2 Å². The number of nitrogens with zero attached hydrogens (tertiary/aromatic N) is 3. The zero-order chi connectivity index (χ0) is 17.8. The lowest BCUT2D eigenvalue weighted by atomic mass is 10.2. The van der Waals surface area contributed by atoms with Crippen molar-refractivity contribution in [2.75, 3.05) is 12.4 Å². The van der Waals surface area contributed by atoms with E-state index >= 15 is 0 Å². The third-order valence-electron chi connectivity index (χ3n) is 3.65. The van der Waals surface area contributed by atoms with Crippen molar-refractivity contribution >= 4 is 27.6 Å². The predicted octanol–water partition coefficient (Wildman–Crippen LogP) is 4.21. The van der Waals surface area contributed by atoms with Gasteiger partial charge in [-0.1, -0.05) is 40.2 Å². The van der Waals surface area contributed by atoms with Crippen LogP contribution in [0.1, 0.15) is 11.4 Å². The van der Waals surface area contributed by atoms with Crippen LogP contribution >= 0.6 is 15.9 Å². The summed E-state index contributed by atoms with van der Waals surface area (Å²) in [6, 6.07) is 15.2. The smallest absolute Gasteiger partial charge is 0.321 e. The summed E-state index contributed by atoms with van der Waals surface area (Å²) in [4.78, 5) is 18.3. The van der Waals surface area contributed by atoms with Crippen molar-refractivity contribution in [3.05, 3.63) is 64.4 Å². The molecule has 0 fully saturated rings. The summed E-state index contributed by atoms with van der Waals surface area (Å²) in [5.74, 6) is 1.36. The minimum absolute atomic E-state index is 0.175. The molecule has 0 unspecified atom stereocenters. The van der Waals surface area contributed by atoms with Crippen LogP contribution in [0.5, 0.6) is 0 Å². The Hall–Kier alpha value is -2.67.